The van der Waals surface area contributed by atoms with Gasteiger partial charge in [-0.3, -0.25) is 10.1 Å². The number of anilines is 1. The van der Waals surface area contributed by atoms with Gasteiger partial charge in [0.1, 0.15) is 0 Å². The highest BCUT2D eigenvalue weighted by Crippen LogP contribution is 2.23. The number of piperidine rings is 1. The summed E-state index contributed by atoms with van der Waals surface area (Å²) < 4.78 is 1.20. The van der Waals surface area contributed by atoms with Gasteiger partial charge in [-0.1, -0.05) is 23.7 Å². The summed E-state index contributed by atoms with van der Waals surface area (Å²) in [5.41, 5.74) is 1.03. The molecule has 2 amide bonds. The van der Waals surface area contributed by atoms with Crippen LogP contribution < -0.4 is 10.9 Å². The normalized spacial score (nSPS) is 15.2. The molecule has 3 rings (SSSR count). The molecular weight excluding hydrogens is 340 g/mol. The number of hydrogen-bond acceptors (Lipinski definition) is 3. The topological polar surface area (TPSA) is 67.2 Å². The van der Waals surface area contributed by atoms with Gasteiger partial charge in [0, 0.05) is 31.2 Å². The van der Waals surface area contributed by atoms with E-state index in [4.69, 9.17) is 11.6 Å². The third-order valence-electron chi connectivity index (χ3n) is 4.51. The number of urea groups is 1. The van der Waals surface area contributed by atoms with Crippen LogP contribution in [0.25, 0.3) is 0 Å². The monoisotopic (exact) mass is 360 g/mol. The third-order valence-corrected chi connectivity index (χ3v) is 4.75. The number of amides is 2. The standard InChI is InChI=1S/C18H21ClN4O2/c1-22-17(24)6-5-16(21-22)20-18(25)23-9-7-13(8-10-23)11-14-3-2-4-15(19)12-14/h2-6,12-13H,7-11H2,1H3,(H,20,21,25). The zero-order chi connectivity index (χ0) is 17.8. The van der Waals surface area contributed by atoms with Crippen molar-refractivity contribution < 1.29 is 4.79 Å². The molecule has 132 valence electrons. The quantitative estimate of drug-likeness (QED) is 0.915. The van der Waals surface area contributed by atoms with E-state index in [0.29, 0.717) is 24.8 Å². The zero-order valence-electron chi connectivity index (χ0n) is 14.1. The van der Waals surface area contributed by atoms with E-state index in [9.17, 15) is 9.59 Å². The second kappa shape index (κ2) is 7.70. The highest BCUT2D eigenvalue weighted by atomic mass is 35.5. The number of halogens is 1. The van der Waals surface area contributed by atoms with E-state index in [1.54, 1.807) is 11.9 Å². The summed E-state index contributed by atoms with van der Waals surface area (Å²) in [6, 6.07) is 10.7. The zero-order valence-corrected chi connectivity index (χ0v) is 14.9. The second-order valence-corrected chi connectivity index (χ2v) is 6.81. The lowest BCUT2D eigenvalue weighted by molar-refractivity contribution is 0.182. The van der Waals surface area contributed by atoms with Crippen LogP contribution in [0.5, 0.6) is 0 Å². The number of hydrogen-bond donors (Lipinski definition) is 1. The van der Waals surface area contributed by atoms with Crippen LogP contribution in [-0.2, 0) is 13.5 Å². The molecule has 0 aliphatic carbocycles. The maximum Gasteiger partial charge on any atom is 0.323 e. The summed E-state index contributed by atoms with van der Waals surface area (Å²) in [6.45, 7) is 1.42. The van der Waals surface area contributed by atoms with Gasteiger partial charge in [0.15, 0.2) is 5.82 Å². The molecule has 2 heterocycles. The first-order valence-corrected chi connectivity index (χ1v) is 8.74. The van der Waals surface area contributed by atoms with Gasteiger partial charge in [-0.15, -0.1) is 0 Å². The Balaban J connectivity index is 1.52. The lowest BCUT2D eigenvalue weighted by Gasteiger charge is -2.32. The van der Waals surface area contributed by atoms with E-state index in [0.717, 1.165) is 24.3 Å². The van der Waals surface area contributed by atoms with Crippen LogP contribution in [0.3, 0.4) is 0 Å². The van der Waals surface area contributed by atoms with E-state index < -0.39 is 0 Å². The Kier molecular flexibility index (Phi) is 5.38. The molecule has 1 aliphatic heterocycles. The largest absolute Gasteiger partial charge is 0.324 e. The first kappa shape index (κ1) is 17.5. The van der Waals surface area contributed by atoms with Gasteiger partial charge in [-0.2, -0.15) is 5.10 Å². The molecule has 1 saturated heterocycles. The number of carbonyl (C=O) groups excluding carboxylic acids is 1. The average Bonchev–Trinajstić information content (AvgIpc) is 2.59. The summed E-state index contributed by atoms with van der Waals surface area (Å²) in [6.07, 6.45) is 2.90. The van der Waals surface area contributed by atoms with Gasteiger partial charge < -0.3 is 4.90 Å². The minimum absolute atomic E-state index is 0.174. The van der Waals surface area contributed by atoms with E-state index in [1.807, 2.05) is 18.2 Å². The van der Waals surface area contributed by atoms with Crippen LogP contribution in [-0.4, -0.2) is 33.8 Å². The van der Waals surface area contributed by atoms with Crippen LogP contribution in [0.4, 0.5) is 10.6 Å². The molecular formula is C18H21ClN4O2. The summed E-state index contributed by atoms with van der Waals surface area (Å²) in [5, 5.41) is 7.53. The van der Waals surface area contributed by atoms with Crippen LogP contribution in [0.2, 0.25) is 5.02 Å². The molecule has 1 fully saturated rings. The fourth-order valence-electron chi connectivity index (χ4n) is 3.10. The Labute approximate surface area is 151 Å². The van der Waals surface area contributed by atoms with Crippen molar-refractivity contribution in [1.29, 1.82) is 0 Å². The number of carbonyl (C=O) groups is 1. The molecule has 1 aromatic heterocycles. The predicted octanol–water partition coefficient (Wildman–Crippen LogP) is 2.92. The van der Waals surface area contributed by atoms with Crippen molar-refractivity contribution in [2.45, 2.75) is 19.3 Å². The molecule has 0 unspecified atom stereocenters. The highest BCUT2D eigenvalue weighted by Gasteiger charge is 2.23. The maximum atomic E-state index is 12.3. The minimum Gasteiger partial charge on any atom is -0.324 e. The van der Waals surface area contributed by atoms with E-state index in [2.05, 4.69) is 16.5 Å². The first-order chi connectivity index (χ1) is 12.0. The molecule has 0 spiro atoms. The minimum atomic E-state index is -0.208. The molecule has 7 heteroatoms. The van der Waals surface area contributed by atoms with Crippen molar-refractivity contribution in [2.75, 3.05) is 18.4 Å². The van der Waals surface area contributed by atoms with Crippen LogP contribution in [0, 0.1) is 5.92 Å². The van der Waals surface area contributed by atoms with Crippen LogP contribution in [0.15, 0.2) is 41.2 Å². The van der Waals surface area contributed by atoms with E-state index >= 15 is 0 Å². The smallest absolute Gasteiger partial charge is 0.323 e. The van der Waals surface area contributed by atoms with Gasteiger partial charge in [0.25, 0.3) is 5.56 Å². The van der Waals surface area contributed by atoms with Crippen LogP contribution >= 0.6 is 11.6 Å². The fourth-order valence-corrected chi connectivity index (χ4v) is 3.31. The summed E-state index contributed by atoms with van der Waals surface area (Å²) in [4.78, 5) is 25.5. The number of nitrogens with one attached hydrogen (secondary N) is 1. The average molecular weight is 361 g/mol. The SMILES string of the molecule is Cn1nc(NC(=O)N2CCC(Cc3cccc(Cl)c3)CC2)ccc1=O. The number of likely N-dealkylation sites (tertiary alicyclic amines) is 1. The number of aryl methyl sites for hydroxylation is 1. The maximum absolute atomic E-state index is 12.3. The third kappa shape index (κ3) is 4.60. The molecule has 1 aliphatic rings. The molecule has 0 saturated carbocycles. The Hall–Kier alpha value is -2.34. The lowest BCUT2D eigenvalue weighted by Crippen LogP contribution is -2.41. The summed E-state index contributed by atoms with van der Waals surface area (Å²) in [5.74, 6) is 0.936. The summed E-state index contributed by atoms with van der Waals surface area (Å²) >= 11 is 6.04. The van der Waals surface area contributed by atoms with Crippen LogP contribution in [0.1, 0.15) is 18.4 Å². The van der Waals surface area contributed by atoms with Crippen molar-refractivity contribution in [1.82, 2.24) is 14.7 Å². The Bertz CT molecular complexity index is 813. The first-order valence-electron chi connectivity index (χ1n) is 8.36. The lowest BCUT2D eigenvalue weighted by atomic mass is 9.90. The number of benzene rings is 1. The van der Waals surface area contributed by atoms with E-state index in [-0.39, 0.29) is 11.6 Å². The second-order valence-electron chi connectivity index (χ2n) is 6.38. The molecule has 0 radical (unpaired) electrons. The Morgan fingerprint density at radius 2 is 2.04 bits per heavy atom. The molecule has 25 heavy (non-hydrogen) atoms. The molecule has 6 nitrogen and oxygen atoms in total. The van der Waals surface area contributed by atoms with Crippen molar-refractivity contribution in [3.05, 3.63) is 57.3 Å². The van der Waals surface area contributed by atoms with Gasteiger partial charge in [-0.05, 0) is 48.9 Å². The van der Waals surface area contributed by atoms with E-state index in [1.165, 1.54) is 22.4 Å². The molecule has 1 aromatic carbocycles. The predicted molar refractivity (Wildman–Crippen MR) is 97.9 cm³/mol. The Morgan fingerprint density at radius 1 is 1.28 bits per heavy atom. The fraction of sp³-hybridized carbons (Fsp3) is 0.389. The van der Waals surface area contributed by atoms with Crippen molar-refractivity contribution in [2.24, 2.45) is 13.0 Å². The molecule has 2 aromatic rings. The van der Waals surface area contributed by atoms with Crippen molar-refractivity contribution >= 4 is 23.4 Å². The molecule has 0 bridgehead atoms. The van der Waals surface area contributed by atoms with Gasteiger partial charge in [0.2, 0.25) is 0 Å². The number of rotatable bonds is 3. The number of nitrogens with zero attached hydrogens (tertiary/aromatic N) is 3. The highest BCUT2D eigenvalue weighted by molar-refractivity contribution is 6.30. The van der Waals surface area contributed by atoms with Gasteiger partial charge in [-0.25, -0.2) is 9.48 Å². The van der Waals surface area contributed by atoms with Crippen molar-refractivity contribution in [3.8, 4) is 0 Å². The number of aromatic nitrogens is 2. The van der Waals surface area contributed by atoms with Gasteiger partial charge in [0.05, 0.1) is 0 Å². The van der Waals surface area contributed by atoms with Crippen molar-refractivity contribution in [3.63, 3.8) is 0 Å². The molecule has 0 atom stereocenters. The molecule has 1 N–H and O–H groups in total. The summed E-state index contributed by atoms with van der Waals surface area (Å²) in [7, 11) is 1.55. The Morgan fingerprint density at radius 3 is 2.72 bits per heavy atom. The van der Waals surface area contributed by atoms with Gasteiger partial charge >= 0.3 is 6.03 Å².